The predicted molar refractivity (Wildman–Crippen MR) is 107 cm³/mol. The maximum absolute atomic E-state index is 12.8. The van der Waals surface area contributed by atoms with Gasteiger partial charge in [0.1, 0.15) is 13.2 Å². The van der Waals surface area contributed by atoms with Crippen LogP contribution in [0.5, 0.6) is 0 Å². The highest BCUT2D eigenvalue weighted by molar-refractivity contribution is 7.99. The number of hydrogen-bond donors (Lipinski definition) is 1. The molecule has 1 N–H and O–H groups in total. The second-order valence-electron chi connectivity index (χ2n) is 8.40. The Kier molecular flexibility index (Phi) is 5.70. The maximum Gasteiger partial charge on any atom is 0.325 e. The molecule has 4 saturated carbocycles. The van der Waals surface area contributed by atoms with Gasteiger partial charge in [-0.05, 0) is 80.5 Å². The van der Waals surface area contributed by atoms with Gasteiger partial charge >= 0.3 is 5.97 Å². The third-order valence-electron chi connectivity index (χ3n) is 6.34. The molecule has 0 aliphatic heterocycles. The summed E-state index contributed by atoms with van der Waals surface area (Å²) in [4.78, 5) is 25.9. The van der Waals surface area contributed by atoms with Crippen LogP contribution in [0.2, 0.25) is 5.02 Å². The molecule has 1 aromatic carbocycles. The number of esters is 1. The van der Waals surface area contributed by atoms with E-state index in [0.29, 0.717) is 17.4 Å². The topological polar surface area (TPSA) is 55.4 Å². The summed E-state index contributed by atoms with van der Waals surface area (Å²) in [7, 11) is 0. The Bertz CT molecular complexity index is 671. The van der Waals surface area contributed by atoms with Crippen molar-refractivity contribution >= 4 is 35.2 Å². The number of ether oxygens (including phenoxy) is 1. The summed E-state index contributed by atoms with van der Waals surface area (Å²) in [6.45, 7) is 0.311. The monoisotopic (exact) mass is 407 g/mol. The van der Waals surface area contributed by atoms with Crippen LogP contribution >= 0.6 is 23.4 Å². The molecule has 0 heterocycles. The first-order chi connectivity index (χ1) is 13.0. The SMILES string of the molecule is O=C(CNC(=O)C12CC3CC(CC(C3)C1)C2)OCCSc1ccc(Cl)cc1. The smallest absolute Gasteiger partial charge is 0.325 e. The molecule has 4 fully saturated rings. The Morgan fingerprint density at radius 3 is 2.26 bits per heavy atom. The van der Waals surface area contributed by atoms with Crippen molar-refractivity contribution in [2.45, 2.75) is 43.4 Å². The zero-order valence-electron chi connectivity index (χ0n) is 15.4. The van der Waals surface area contributed by atoms with Gasteiger partial charge in [-0.2, -0.15) is 0 Å². The number of carbonyl (C=O) groups excluding carboxylic acids is 2. The molecule has 0 spiro atoms. The molecule has 146 valence electrons. The number of benzene rings is 1. The summed E-state index contributed by atoms with van der Waals surface area (Å²) in [5.41, 5.74) is -0.209. The molecule has 6 heteroatoms. The number of halogens is 1. The lowest BCUT2D eigenvalue weighted by Gasteiger charge is -2.55. The predicted octanol–water partition coefficient (Wildman–Crippen LogP) is 4.31. The fourth-order valence-corrected chi connectivity index (χ4v) is 6.48. The summed E-state index contributed by atoms with van der Waals surface area (Å²) in [5, 5.41) is 3.58. The highest BCUT2D eigenvalue weighted by Gasteiger charge is 2.54. The first kappa shape index (κ1) is 19.1. The first-order valence-corrected chi connectivity index (χ1v) is 11.2. The zero-order valence-corrected chi connectivity index (χ0v) is 17.0. The standard InChI is InChI=1S/C21H26ClNO3S/c22-17-1-3-18(4-2-17)27-6-5-26-19(24)13-23-20(25)21-10-14-7-15(11-21)9-16(8-14)12-21/h1-4,14-16H,5-13H2,(H,23,25). The molecule has 0 aromatic heterocycles. The lowest BCUT2D eigenvalue weighted by molar-refractivity contribution is -0.150. The van der Waals surface area contributed by atoms with Gasteiger partial charge in [-0.3, -0.25) is 9.59 Å². The highest BCUT2D eigenvalue weighted by atomic mass is 35.5. The van der Waals surface area contributed by atoms with Crippen molar-refractivity contribution in [1.82, 2.24) is 5.32 Å². The average molecular weight is 408 g/mol. The van der Waals surface area contributed by atoms with Crippen molar-refractivity contribution < 1.29 is 14.3 Å². The van der Waals surface area contributed by atoms with Crippen LogP contribution in [0.1, 0.15) is 38.5 Å². The van der Waals surface area contributed by atoms with Crippen LogP contribution in [-0.4, -0.2) is 30.8 Å². The van der Waals surface area contributed by atoms with Crippen molar-refractivity contribution in [3.63, 3.8) is 0 Å². The molecule has 0 radical (unpaired) electrons. The lowest BCUT2D eigenvalue weighted by Crippen LogP contribution is -2.54. The normalized spacial score (nSPS) is 30.9. The van der Waals surface area contributed by atoms with E-state index in [2.05, 4.69) is 5.32 Å². The zero-order chi connectivity index (χ0) is 18.9. The second kappa shape index (κ2) is 8.04. The van der Waals surface area contributed by atoms with Crippen molar-refractivity contribution in [1.29, 1.82) is 0 Å². The van der Waals surface area contributed by atoms with Gasteiger partial charge in [0.2, 0.25) is 5.91 Å². The van der Waals surface area contributed by atoms with Gasteiger partial charge < -0.3 is 10.1 Å². The minimum Gasteiger partial charge on any atom is -0.463 e. The van der Waals surface area contributed by atoms with E-state index in [1.807, 2.05) is 24.3 Å². The Labute approximate surface area is 169 Å². The van der Waals surface area contributed by atoms with E-state index in [0.717, 1.165) is 41.9 Å². The quantitative estimate of drug-likeness (QED) is 0.415. The number of thioether (sulfide) groups is 1. The van der Waals surface area contributed by atoms with Crippen LogP contribution in [-0.2, 0) is 14.3 Å². The molecule has 1 aromatic rings. The van der Waals surface area contributed by atoms with E-state index in [-0.39, 0.29) is 23.8 Å². The molecule has 27 heavy (non-hydrogen) atoms. The maximum atomic E-state index is 12.8. The van der Waals surface area contributed by atoms with Crippen molar-refractivity contribution in [3.05, 3.63) is 29.3 Å². The lowest BCUT2D eigenvalue weighted by atomic mass is 9.49. The molecule has 0 saturated heterocycles. The molecule has 1 amide bonds. The van der Waals surface area contributed by atoms with Crippen molar-refractivity contribution in [2.24, 2.45) is 23.2 Å². The largest absolute Gasteiger partial charge is 0.463 e. The molecule has 0 unspecified atom stereocenters. The third kappa shape index (κ3) is 4.45. The molecular weight excluding hydrogens is 382 g/mol. The van der Waals surface area contributed by atoms with Crippen molar-refractivity contribution in [2.75, 3.05) is 18.9 Å². The second-order valence-corrected chi connectivity index (χ2v) is 10.0. The van der Waals surface area contributed by atoms with E-state index < -0.39 is 0 Å². The summed E-state index contributed by atoms with van der Waals surface area (Å²) in [6, 6.07) is 7.58. The van der Waals surface area contributed by atoms with Gasteiger partial charge in [0.15, 0.2) is 0 Å². The van der Waals surface area contributed by atoms with E-state index in [4.69, 9.17) is 16.3 Å². The fraction of sp³-hybridized carbons (Fsp3) is 0.619. The number of amides is 1. The molecule has 4 aliphatic rings. The Morgan fingerprint density at radius 2 is 1.67 bits per heavy atom. The van der Waals surface area contributed by atoms with E-state index in [9.17, 15) is 9.59 Å². The van der Waals surface area contributed by atoms with Gasteiger partial charge in [0.05, 0.1) is 0 Å². The van der Waals surface area contributed by atoms with E-state index >= 15 is 0 Å². The summed E-state index contributed by atoms with van der Waals surface area (Å²) in [6.07, 6.45) is 6.95. The fourth-order valence-electron chi connectivity index (χ4n) is 5.63. The van der Waals surface area contributed by atoms with Crippen LogP contribution in [0.4, 0.5) is 0 Å². The summed E-state index contributed by atoms with van der Waals surface area (Å²) < 4.78 is 5.26. The Morgan fingerprint density at radius 1 is 1.07 bits per heavy atom. The van der Waals surface area contributed by atoms with Crippen molar-refractivity contribution in [3.8, 4) is 0 Å². The Balaban J connectivity index is 1.17. The number of carbonyl (C=O) groups is 2. The van der Waals surface area contributed by atoms with Crippen LogP contribution in [0.25, 0.3) is 0 Å². The summed E-state index contributed by atoms with van der Waals surface area (Å²) >= 11 is 7.47. The molecule has 4 bridgehead atoms. The molecule has 0 atom stereocenters. The molecular formula is C21H26ClNO3S. The average Bonchev–Trinajstić information content (AvgIpc) is 2.63. The van der Waals surface area contributed by atoms with Crippen LogP contribution in [0, 0.1) is 23.2 Å². The third-order valence-corrected chi connectivity index (χ3v) is 7.57. The Hall–Kier alpha value is -1.20. The van der Waals surface area contributed by atoms with Gasteiger partial charge in [-0.1, -0.05) is 11.6 Å². The minimum atomic E-state index is -0.357. The minimum absolute atomic E-state index is 0.0216. The van der Waals surface area contributed by atoms with Gasteiger partial charge in [0.25, 0.3) is 0 Å². The number of rotatable bonds is 7. The highest BCUT2D eigenvalue weighted by Crippen LogP contribution is 2.60. The van der Waals surface area contributed by atoms with Gasteiger partial charge in [0, 0.05) is 21.1 Å². The van der Waals surface area contributed by atoms with E-state index in [1.165, 1.54) is 19.3 Å². The first-order valence-electron chi connectivity index (χ1n) is 9.85. The van der Waals surface area contributed by atoms with Gasteiger partial charge in [-0.15, -0.1) is 11.8 Å². The number of nitrogens with one attached hydrogen (secondary N) is 1. The van der Waals surface area contributed by atoms with Crippen LogP contribution in [0.15, 0.2) is 29.2 Å². The van der Waals surface area contributed by atoms with Crippen LogP contribution < -0.4 is 5.32 Å². The molecule has 4 aliphatic carbocycles. The van der Waals surface area contributed by atoms with Crippen LogP contribution in [0.3, 0.4) is 0 Å². The van der Waals surface area contributed by atoms with Gasteiger partial charge in [-0.25, -0.2) is 0 Å². The summed E-state index contributed by atoms with van der Waals surface area (Å²) in [5.74, 6) is 2.56. The van der Waals surface area contributed by atoms with E-state index in [1.54, 1.807) is 11.8 Å². The number of hydrogen-bond acceptors (Lipinski definition) is 4. The molecule has 5 rings (SSSR count). The molecule has 4 nitrogen and oxygen atoms in total.